The Hall–Kier alpha value is -3.44. The van der Waals surface area contributed by atoms with Gasteiger partial charge in [-0.05, 0) is 37.6 Å². The summed E-state index contributed by atoms with van der Waals surface area (Å²) in [5.41, 5.74) is 4.85. The van der Waals surface area contributed by atoms with Gasteiger partial charge >= 0.3 is 12.1 Å². The number of fused-ring (bicyclic) bond motifs is 2. The van der Waals surface area contributed by atoms with Gasteiger partial charge in [0.05, 0.1) is 37.1 Å². The third-order valence-corrected chi connectivity index (χ3v) is 6.21. The highest BCUT2D eigenvalue weighted by molar-refractivity contribution is 5.73. The zero-order valence-corrected chi connectivity index (χ0v) is 19.7. The molecular weight excluding hydrogens is 477 g/mol. The quantitative estimate of drug-likeness (QED) is 0.531. The summed E-state index contributed by atoms with van der Waals surface area (Å²) in [5, 5.41) is 10.4. The number of carbonyl (C=O) groups is 1. The smallest absolute Gasteiger partial charge is 0.475 e. The first-order valence-electron chi connectivity index (χ1n) is 11.4. The molecule has 3 aromatic rings. The van der Waals surface area contributed by atoms with Gasteiger partial charge in [-0.25, -0.2) is 14.8 Å². The van der Waals surface area contributed by atoms with E-state index in [0.717, 1.165) is 49.7 Å². The average Bonchev–Trinajstić information content (AvgIpc) is 3.50. The number of rotatable bonds is 5. The molecule has 1 saturated heterocycles. The molecule has 1 atom stereocenters. The molecule has 0 saturated carbocycles. The molecule has 36 heavy (non-hydrogen) atoms. The third kappa shape index (κ3) is 6.21. The zero-order valence-electron chi connectivity index (χ0n) is 19.7. The number of ether oxygens (including phenoxy) is 1. The zero-order chi connectivity index (χ0) is 25.8. The molecular formula is C25H27F3N4O4. The van der Waals surface area contributed by atoms with Crippen LogP contribution in [0.3, 0.4) is 0 Å². The summed E-state index contributed by atoms with van der Waals surface area (Å²) in [7, 11) is 0. The Bertz CT molecular complexity index is 1170. The van der Waals surface area contributed by atoms with E-state index in [4.69, 9.17) is 24.0 Å². The fourth-order valence-corrected chi connectivity index (χ4v) is 4.42. The van der Waals surface area contributed by atoms with E-state index in [1.807, 2.05) is 18.3 Å². The molecule has 0 aliphatic carbocycles. The van der Waals surface area contributed by atoms with Crippen LogP contribution < -0.4 is 5.32 Å². The summed E-state index contributed by atoms with van der Waals surface area (Å²) in [5.74, 6) is -1.24. The molecule has 1 aromatic carbocycles. The highest BCUT2D eigenvalue weighted by atomic mass is 19.4. The molecule has 5 rings (SSSR count). The fourth-order valence-electron chi connectivity index (χ4n) is 4.42. The lowest BCUT2D eigenvalue weighted by Gasteiger charge is -2.34. The molecule has 1 unspecified atom stereocenters. The summed E-state index contributed by atoms with van der Waals surface area (Å²) in [6, 6.07) is 12.7. The van der Waals surface area contributed by atoms with Crippen molar-refractivity contribution in [1.82, 2.24) is 14.9 Å². The molecule has 0 amide bonds. The molecule has 2 N–H and O–H groups in total. The Kier molecular flexibility index (Phi) is 7.60. The standard InChI is InChI=1S/C23H26N4O2.C2HF3O2/c1-17-4-6-18(7-5-17)13-27-9-8-23(15-27)16-28-14-19-11-24-22(26-21(19)23)25-12-20-3-2-10-29-20;3-2(4,5)1(6)7/h2-7,10-11H,8-9,12-16H2,1H3,(H,24,25,26);(H,6,7). The third-order valence-electron chi connectivity index (χ3n) is 6.21. The van der Waals surface area contributed by atoms with Crippen molar-refractivity contribution < 1.29 is 32.2 Å². The van der Waals surface area contributed by atoms with Crippen LogP contribution >= 0.6 is 0 Å². The second-order valence-electron chi connectivity index (χ2n) is 9.02. The molecule has 1 fully saturated rings. The van der Waals surface area contributed by atoms with E-state index < -0.39 is 12.1 Å². The Labute approximate surface area is 206 Å². The number of carboxylic acid groups (broad SMARTS) is 1. The SMILES string of the molecule is Cc1ccc(CN2CCC3(COCc4cnc(NCc5ccco5)nc43)C2)cc1.O=C(O)C(F)(F)F. The Morgan fingerprint density at radius 3 is 2.67 bits per heavy atom. The first kappa shape index (κ1) is 25.6. The minimum Gasteiger partial charge on any atom is -0.475 e. The van der Waals surface area contributed by atoms with E-state index in [-0.39, 0.29) is 5.41 Å². The van der Waals surface area contributed by atoms with Crippen LogP contribution in [0.25, 0.3) is 0 Å². The van der Waals surface area contributed by atoms with Crippen LogP contribution in [0, 0.1) is 6.92 Å². The van der Waals surface area contributed by atoms with Crippen LogP contribution in [0.2, 0.25) is 0 Å². The number of nitrogens with one attached hydrogen (secondary N) is 1. The predicted molar refractivity (Wildman–Crippen MR) is 124 cm³/mol. The Morgan fingerprint density at radius 1 is 1.25 bits per heavy atom. The van der Waals surface area contributed by atoms with Crippen molar-refractivity contribution in [1.29, 1.82) is 0 Å². The maximum atomic E-state index is 10.6. The van der Waals surface area contributed by atoms with Crippen molar-refractivity contribution in [2.24, 2.45) is 0 Å². The van der Waals surface area contributed by atoms with Crippen molar-refractivity contribution >= 4 is 11.9 Å². The number of likely N-dealkylation sites (tertiary alicyclic amines) is 1. The lowest BCUT2D eigenvalue weighted by Crippen LogP contribution is -2.40. The van der Waals surface area contributed by atoms with Gasteiger partial charge < -0.3 is 19.6 Å². The van der Waals surface area contributed by atoms with E-state index in [0.29, 0.717) is 19.1 Å². The van der Waals surface area contributed by atoms with Gasteiger partial charge in [0.2, 0.25) is 5.95 Å². The summed E-state index contributed by atoms with van der Waals surface area (Å²) in [4.78, 5) is 20.8. The van der Waals surface area contributed by atoms with Crippen LogP contribution in [-0.2, 0) is 34.6 Å². The fraction of sp³-hybridized carbons (Fsp3) is 0.400. The van der Waals surface area contributed by atoms with Gasteiger partial charge in [0.15, 0.2) is 0 Å². The second-order valence-corrected chi connectivity index (χ2v) is 9.02. The Morgan fingerprint density at radius 2 is 2.00 bits per heavy atom. The predicted octanol–water partition coefficient (Wildman–Crippen LogP) is 4.30. The van der Waals surface area contributed by atoms with Gasteiger partial charge in [-0.3, -0.25) is 4.90 Å². The topological polar surface area (TPSA) is 101 Å². The monoisotopic (exact) mass is 504 g/mol. The number of hydrogen-bond acceptors (Lipinski definition) is 7. The number of aryl methyl sites for hydroxylation is 1. The number of anilines is 1. The van der Waals surface area contributed by atoms with Gasteiger partial charge in [0, 0.05) is 24.8 Å². The number of furan rings is 1. The van der Waals surface area contributed by atoms with Crippen LogP contribution in [0.15, 0.2) is 53.3 Å². The number of aliphatic carboxylic acids is 1. The first-order chi connectivity index (χ1) is 17.1. The number of carboxylic acids is 1. The van der Waals surface area contributed by atoms with Crippen molar-refractivity contribution in [3.63, 3.8) is 0 Å². The molecule has 2 aromatic heterocycles. The molecule has 2 aliphatic rings. The molecule has 4 heterocycles. The van der Waals surface area contributed by atoms with E-state index >= 15 is 0 Å². The van der Waals surface area contributed by atoms with E-state index in [2.05, 4.69) is 46.4 Å². The van der Waals surface area contributed by atoms with Gasteiger partial charge in [0.25, 0.3) is 0 Å². The highest BCUT2D eigenvalue weighted by Crippen LogP contribution is 2.39. The van der Waals surface area contributed by atoms with Crippen molar-refractivity contribution in [2.75, 3.05) is 25.0 Å². The Balaban J connectivity index is 0.000000384. The molecule has 1 spiro atoms. The van der Waals surface area contributed by atoms with E-state index in [9.17, 15) is 13.2 Å². The number of alkyl halides is 3. The maximum Gasteiger partial charge on any atom is 0.490 e. The van der Waals surface area contributed by atoms with E-state index in [1.165, 1.54) is 11.1 Å². The number of nitrogens with zero attached hydrogens (tertiary/aromatic N) is 3. The van der Waals surface area contributed by atoms with Crippen LogP contribution in [0.1, 0.15) is 34.6 Å². The molecule has 8 nitrogen and oxygen atoms in total. The highest BCUT2D eigenvalue weighted by Gasteiger charge is 2.45. The molecule has 2 aliphatic heterocycles. The molecule has 11 heteroatoms. The normalized spacial score (nSPS) is 19.4. The summed E-state index contributed by atoms with van der Waals surface area (Å²) >= 11 is 0. The van der Waals surface area contributed by atoms with Crippen LogP contribution in [0.4, 0.5) is 19.1 Å². The average molecular weight is 505 g/mol. The van der Waals surface area contributed by atoms with E-state index in [1.54, 1.807) is 6.26 Å². The largest absolute Gasteiger partial charge is 0.490 e. The lowest BCUT2D eigenvalue weighted by molar-refractivity contribution is -0.192. The maximum absolute atomic E-state index is 10.6. The lowest BCUT2D eigenvalue weighted by atomic mass is 9.80. The summed E-state index contributed by atoms with van der Waals surface area (Å²) in [6.07, 6.45) is -0.435. The van der Waals surface area contributed by atoms with Gasteiger partial charge in [0.1, 0.15) is 5.76 Å². The van der Waals surface area contributed by atoms with Gasteiger partial charge in [-0.2, -0.15) is 13.2 Å². The summed E-state index contributed by atoms with van der Waals surface area (Å²) in [6.45, 7) is 6.99. The number of benzene rings is 1. The van der Waals surface area contributed by atoms with Crippen LogP contribution in [0.5, 0.6) is 0 Å². The van der Waals surface area contributed by atoms with Gasteiger partial charge in [-0.1, -0.05) is 29.8 Å². The second kappa shape index (κ2) is 10.7. The van der Waals surface area contributed by atoms with Crippen LogP contribution in [-0.4, -0.2) is 51.8 Å². The molecule has 192 valence electrons. The van der Waals surface area contributed by atoms with Gasteiger partial charge in [-0.15, -0.1) is 0 Å². The number of hydrogen-bond donors (Lipinski definition) is 2. The molecule has 0 radical (unpaired) electrons. The van der Waals surface area contributed by atoms with Crippen molar-refractivity contribution in [3.8, 4) is 0 Å². The number of halogens is 3. The minimum atomic E-state index is -5.08. The van der Waals surface area contributed by atoms with Crippen molar-refractivity contribution in [3.05, 3.63) is 77.0 Å². The number of aromatic nitrogens is 2. The van der Waals surface area contributed by atoms with Crippen molar-refractivity contribution in [2.45, 2.75) is 44.6 Å². The first-order valence-corrected chi connectivity index (χ1v) is 11.4. The molecule has 0 bridgehead atoms. The summed E-state index contributed by atoms with van der Waals surface area (Å²) < 4.78 is 43.1. The minimum absolute atomic E-state index is 0.0532.